The molecule has 0 aromatic rings. The lowest BCUT2D eigenvalue weighted by Crippen LogP contribution is -2.43. The van der Waals surface area contributed by atoms with Gasteiger partial charge in [-0.1, -0.05) is 6.92 Å². The van der Waals surface area contributed by atoms with Gasteiger partial charge in [0.05, 0.1) is 6.42 Å². The Balaban J connectivity index is 2.63. The molecule has 1 heterocycles. The van der Waals surface area contributed by atoms with Gasteiger partial charge in [-0.2, -0.15) is 0 Å². The number of carboxylic acid groups (broad SMARTS) is 1. The topological polar surface area (TPSA) is 69.6 Å². The van der Waals surface area contributed by atoms with Gasteiger partial charge >= 0.3 is 5.97 Å². The lowest BCUT2D eigenvalue weighted by atomic mass is 10.0. The molecular formula is C12H22N2O3. The fourth-order valence-electron chi connectivity index (χ4n) is 2.54. The molecule has 1 rings (SSSR count). The van der Waals surface area contributed by atoms with Crippen LogP contribution in [0.3, 0.4) is 0 Å². The van der Waals surface area contributed by atoms with E-state index in [1.54, 1.807) is 0 Å². The number of rotatable bonds is 5. The van der Waals surface area contributed by atoms with Crippen LogP contribution in [0.25, 0.3) is 0 Å². The van der Waals surface area contributed by atoms with Gasteiger partial charge in [-0.25, -0.2) is 0 Å². The number of nitrogens with zero attached hydrogens (tertiary/aromatic N) is 1. The number of hydrogen-bond donors (Lipinski definition) is 2. The second kappa shape index (κ2) is 6.59. The van der Waals surface area contributed by atoms with Crippen LogP contribution in [-0.2, 0) is 9.59 Å². The highest BCUT2D eigenvalue weighted by atomic mass is 16.4. The summed E-state index contributed by atoms with van der Waals surface area (Å²) in [6, 6.07) is 0.158. The molecule has 0 aliphatic carbocycles. The molecule has 1 aliphatic heterocycles. The van der Waals surface area contributed by atoms with Crippen LogP contribution in [0.1, 0.15) is 39.5 Å². The number of aliphatic carboxylic acids is 1. The van der Waals surface area contributed by atoms with E-state index in [9.17, 15) is 9.59 Å². The van der Waals surface area contributed by atoms with E-state index >= 15 is 0 Å². The zero-order valence-corrected chi connectivity index (χ0v) is 10.6. The molecule has 17 heavy (non-hydrogen) atoms. The van der Waals surface area contributed by atoms with Crippen molar-refractivity contribution in [2.45, 2.75) is 51.6 Å². The lowest BCUT2D eigenvalue weighted by Gasteiger charge is -2.34. The van der Waals surface area contributed by atoms with Crippen molar-refractivity contribution in [3.63, 3.8) is 0 Å². The highest BCUT2D eigenvalue weighted by Crippen LogP contribution is 2.18. The van der Waals surface area contributed by atoms with Gasteiger partial charge in [-0.3, -0.25) is 14.5 Å². The SMILES string of the molecule is CCN(C(C)CC(=O)O)C1CCCNC(=O)C1. The minimum Gasteiger partial charge on any atom is -0.481 e. The number of hydrogen-bond acceptors (Lipinski definition) is 3. The third kappa shape index (κ3) is 4.34. The van der Waals surface area contributed by atoms with Crippen molar-refractivity contribution in [2.75, 3.05) is 13.1 Å². The maximum Gasteiger partial charge on any atom is 0.304 e. The summed E-state index contributed by atoms with van der Waals surface area (Å²) in [6.07, 6.45) is 2.53. The van der Waals surface area contributed by atoms with E-state index < -0.39 is 5.97 Å². The van der Waals surface area contributed by atoms with E-state index in [1.807, 2.05) is 13.8 Å². The summed E-state index contributed by atoms with van der Waals surface area (Å²) in [4.78, 5) is 24.4. The fourth-order valence-corrected chi connectivity index (χ4v) is 2.54. The molecule has 1 fully saturated rings. The summed E-state index contributed by atoms with van der Waals surface area (Å²) >= 11 is 0. The first-order chi connectivity index (χ1) is 8.04. The molecule has 0 spiro atoms. The number of carbonyl (C=O) groups is 2. The van der Waals surface area contributed by atoms with Crippen molar-refractivity contribution in [3.05, 3.63) is 0 Å². The van der Waals surface area contributed by atoms with Crippen LogP contribution in [0.5, 0.6) is 0 Å². The van der Waals surface area contributed by atoms with E-state index in [1.165, 1.54) is 0 Å². The van der Waals surface area contributed by atoms with Crippen LogP contribution in [0.2, 0.25) is 0 Å². The normalized spacial score (nSPS) is 23.0. The van der Waals surface area contributed by atoms with Crippen molar-refractivity contribution in [1.82, 2.24) is 10.2 Å². The summed E-state index contributed by atoms with van der Waals surface area (Å²) in [5.41, 5.74) is 0. The van der Waals surface area contributed by atoms with Crippen molar-refractivity contribution in [2.24, 2.45) is 0 Å². The molecule has 0 saturated carbocycles. The Hall–Kier alpha value is -1.10. The number of carboxylic acids is 1. The first-order valence-electron chi connectivity index (χ1n) is 6.28. The predicted molar refractivity (Wildman–Crippen MR) is 64.7 cm³/mol. The van der Waals surface area contributed by atoms with E-state index in [4.69, 9.17) is 5.11 Å². The number of carbonyl (C=O) groups excluding carboxylic acids is 1. The average Bonchev–Trinajstić information content (AvgIpc) is 2.43. The predicted octanol–water partition coefficient (Wildman–Crippen LogP) is 0.840. The molecule has 2 N–H and O–H groups in total. The molecule has 0 bridgehead atoms. The molecular weight excluding hydrogens is 220 g/mol. The van der Waals surface area contributed by atoms with Gasteiger partial charge in [0.15, 0.2) is 0 Å². The highest BCUT2D eigenvalue weighted by Gasteiger charge is 2.26. The first kappa shape index (κ1) is 14.0. The molecule has 98 valence electrons. The number of nitrogens with one attached hydrogen (secondary N) is 1. The van der Waals surface area contributed by atoms with E-state index in [0.717, 1.165) is 25.9 Å². The molecule has 2 unspecified atom stereocenters. The average molecular weight is 242 g/mol. The smallest absolute Gasteiger partial charge is 0.304 e. The minimum atomic E-state index is -0.783. The monoisotopic (exact) mass is 242 g/mol. The van der Waals surface area contributed by atoms with Gasteiger partial charge in [0, 0.05) is 25.0 Å². The Morgan fingerprint density at radius 1 is 1.65 bits per heavy atom. The van der Waals surface area contributed by atoms with E-state index in [0.29, 0.717) is 6.42 Å². The van der Waals surface area contributed by atoms with Crippen LogP contribution >= 0.6 is 0 Å². The van der Waals surface area contributed by atoms with Gasteiger partial charge in [0.1, 0.15) is 0 Å². The maximum atomic E-state index is 11.5. The van der Waals surface area contributed by atoms with Crippen molar-refractivity contribution in [3.8, 4) is 0 Å². The van der Waals surface area contributed by atoms with E-state index in [-0.39, 0.29) is 24.4 Å². The van der Waals surface area contributed by atoms with Crippen LogP contribution in [0.15, 0.2) is 0 Å². The van der Waals surface area contributed by atoms with Gasteiger partial charge in [0.2, 0.25) is 5.91 Å². The summed E-state index contributed by atoms with van der Waals surface area (Å²) in [5, 5.41) is 11.7. The van der Waals surface area contributed by atoms with Gasteiger partial charge in [0.25, 0.3) is 0 Å². The standard InChI is InChI=1S/C12H22N2O3/c1-3-14(9(2)7-12(16)17)10-5-4-6-13-11(15)8-10/h9-10H,3-8H2,1-2H3,(H,13,15)(H,16,17). The molecule has 5 heteroatoms. The third-order valence-electron chi connectivity index (χ3n) is 3.33. The Bertz CT molecular complexity index is 281. The maximum absolute atomic E-state index is 11.5. The summed E-state index contributed by atoms with van der Waals surface area (Å²) < 4.78 is 0. The van der Waals surface area contributed by atoms with Crippen molar-refractivity contribution >= 4 is 11.9 Å². The van der Waals surface area contributed by atoms with E-state index in [2.05, 4.69) is 10.2 Å². The van der Waals surface area contributed by atoms with Gasteiger partial charge < -0.3 is 10.4 Å². The zero-order chi connectivity index (χ0) is 12.8. The molecule has 1 saturated heterocycles. The molecule has 0 radical (unpaired) electrons. The first-order valence-corrected chi connectivity index (χ1v) is 6.28. The summed E-state index contributed by atoms with van der Waals surface area (Å²) in [6.45, 7) is 5.45. The van der Waals surface area contributed by atoms with Crippen LogP contribution < -0.4 is 5.32 Å². The molecule has 5 nitrogen and oxygen atoms in total. The van der Waals surface area contributed by atoms with Crippen LogP contribution in [0.4, 0.5) is 0 Å². The molecule has 1 amide bonds. The Morgan fingerprint density at radius 2 is 2.35 bits per heavy atom. The quantitative estimate of drug-likeness (QED) is 0.749. The van der Waals surface area contributed by atoms with Crippen LogP contribution in [0, 0.1) is 0 Å². The van der Waals surface area contributed by atoms with Crippen molar-refractivity contribution < 1.29 is 14.7 Å². The Kier molecular flexibility index (Phi) is 5.41. The molecule has 0 aromatic heterocycles. The molecule has 0 aromatic carbocycles. The van der Waals surface area contributed by atoms with Gasteiger partial charge in [-0.15, -0.1) is 0 Å². The minimum absolute atomic E-state index is 0.0200. The lowest BCUT2D eigenvalue weighted by molar-refractivity contribution is -0.138. The summed E-state index contributed by atoms with van der Waals surface area (Å²) in [7, 11) is 0. The Morgan fingerprint density at radius 3 is 2.94 bits per heavy atom. The fraction of sp³-hybridized carbons (Fsp3) is 0.833. The van der Waals surface area contributed by atoms with Gasteiger partial charge in [-0.05, 0) is 26.3 Å². The summed E-state index contributed by atoms with van der Waals surface area (Å²) in [5.74, 6) is -0.706. The zero-order valence-electron chi connectivity index (χ0n) is 10.6. The largest absolute Gasteiger partial charge is 0.481 e. The molecule has 2 atom stereocenters. The molecule has 1 aliphatic rings. The van der Waals surface area contributed by atoms with Crippen LogP contribution in [-0.4, -0.2) is 47.1 Å². The third-order valence-corrected chi connectivity index (χ3v) is 3.33. The number of amides is 1. The second-order valence-electron chi connectivity index (χ2n) is 4.63. The van der Waals surface area contributed by atoms with Crippen molar-refractivity contribution in [1.29, 1.82) is 0 Å². The Labute approximate surface area is 102 Å². The second-order valence-corrected chi connectivity index (χ2v) is 4.63. The highest BCUT2D eigenvalue weighted by molar-refractivity contribution is 5.76.